The van der Waals surface area contributed by atoms with Gasteiger partial charge in [0.25, 0.3) is 0 Å². The molecule has 0 heterocycles. The van der Waals surface area contributed by atoms with E-state index in [1.165, 1.54) is 12.1 Å². The summed E-state index contributed by atoms with van der Waals surface area (Å²) in [5.74, 6) is -4.22. The van der Waals surface area contributed by atoms with Gasteiger partial charge in [-0.15, -0.1) is 6.58 Å². The van der Waals surface area contributed by atoms with E-state index in [-0.39, 0.29) is 12.2 Å². The molecule has 1 atom stereocenters. The molecule has 0 saturated heterocycles. The fraction of sp³-hybridized carbons (Fsp3) is 0.217. The number of nitrogens with one attached hydrogen (secondary N) is 2. The summed E-state index contributed by atoms with van der Waals surface area (Å²) in [6, 6.07) is 8.05. The lowest BCUT2D eigenvalue weighted by atomic mass is 9.69. The zero-order valence-electron chi connectivity index (χ0n) is 16.2. The second-order valence-electron chi connectivity index (χ2n) is 7.23. The average Bonchev–Trinajstić information content (AvgIpc) is 2.73. The smallest absolute Gasteiger partial charge is 0.194 e. The number of allylic oxidation sites excluding steroid dienone is 3. The molecular weight excluding hydrogens is 412 g/mol. The molecular formula is C23H22F4N2S. The summed E-state index contributed by atoms with van der Waals surface area (Å²) >= 11 is 4.05. The van der Waals surface area contributed by atoms with Crippen molar-refractivity contribution in [3.63, 3.8) is 0 Å². The summed E-state index contributed by atoms with van der Waals surface area (Å²) in [4.78, 5) is 0. The molecule has 0 bridgehead atoms. The van der Waals surface area contributed by atoms with Gasteiger partial charge in [0.05, 0.1) is 0 Å². The van der Waals surface area contributed by atoms with Crippen LogP contribution in [0.15, 0.2) is 72.5 Å². The minimum absolute atomic E-state index is 0.267. The number of rotatable bonds is 8. The lowest BCUT2D eigenvalue weighted by Crippen LogP contribution is -2.28. The molecule has 1 unspecified atom stereocenters. The molecule has 2 N–H and O–H groups in total. The number of hydrogen-bond acceptors (Lipinski definition) is 3. The molecule has 1 aliphatic carbocycles. The van der Waals surface area contributed by atoms with Gasteiger partial charge in [-0.25, -0.2) is 17.6 Å². The molecule has 0 fully saturated rings. The monoisotopic (exact) mass is 434 g/mol. The van der Waals surface area contributed by atoms with Crippen molar-refractivity contribution in [1.82, 2.24) is 4.72 Å². The predicted molar refractivity (Wildman–Crippen MR) is 115 cm³/mol. The Morgan fingerprint density at radius 1 is 1.07 bits per heavy atom. The molecule has 2 aromatic carbocycles. The molecule has 3 rings (SSSR count). The molecule has 0 radical (unpaired) electrons. The topological polar surface area (TPSA) is 24.1 Å². The van der Waals surface area contributed by atoms with Crippen LogP contribution < -0.4 is 10.0 Å². The fourth-order valence-electron chi connectivity index (χ4n) is 3.66. The van der Waals surface area contributed by atoms with Gasteiger partial charge in [0, 0.05) is 23.3 Å². The van der Waals surface area contributed by atoms with Gasteiger partial charge in [-0.2, -0.15) is 0 Å². The van der Waals surface area contributed by atoms with Gasteiger partial charge in [-0.3, -0.25) is 4.72 Å². The van der Waals surface area contributed by atoms with Crippen LogP contribution in [-0.4, -0.2) is 6.54 Å². The maximum Gasteiger partial charge on any atom is 0.194 e. The first-order valence-electron chi connectivity index (χ1n) is 9.44. The normalized spacial score (nSPS) is 18.6. The number of thiol groups is 1. The first kappa shape index (κ1) is 22.2. The van der Waals surface area contributed by atoms with E-state index in [9.17, 15) is 17.6 Å². The number of hydrogen-bond donors (Lipinski definition) is 3. The van der Waals surface area contributed by atoms with Crippen LogP contribution in [0, 0.1) is 28.7 Å². The van der Waals surface area contributed by atoms with Gasteiger partial charge in [0.1, 0.15) is 5.82 Å². The van der Waals surface area contributed by atoms with Crippen molar-refractivity contribution < 1.29 is 17.6 Å². The zero-order chi connectivity index (χ0) is 21.7. The first-order chi connectivity index (χ1) is 14.4. The van der Waals surface area contributed by atoms with E-state index in [1.807, 2.05) is 12.2 Å². The lowest BCUT2D eigenvalue weighted by molar-refractivity contribution is 0.423. The van der Waals surface area contributed by atoms with Crippen molar-refractivity contribution in [2.24, 2.45) is 5.41 Å². The molecule has 1 aliphatic rings. The predicted octanol–water partition coefficient (Wildman–Crippen LogP) is 6.11. The van der Waals surface area contributed by atoms with E-state index >= 15 is 0 Å². The van der Waals surface area contributed by atoms with E-state index < -0.39 is 22.9 Å². The SMILES string of the molecule is C=CC1(Cc2cc(F)c(F)c(F)c2)CC=C(Nc2ccc(F)cc2)C=C1CCNS. The third-order valence-corrected chi connectivity index (χ3v) is 5.47. The summed E-state index contributed by atoms with van der Waals surface area (Å²) in [5.41, 5.74) is 2.30. The Hall–Kier alpha value is -2.51. The molecule has 158 valence electrons. The average molecular weight is 435 g/mol. The van der Waals surface area contributed by atoms with E-state index in [0.717, 1.165) is 29.1 Å². The van der Waals surface area contributed by atoms with Gasteiger partial charge in [-0.1, -0.05) is 30.5 Å². The first-order valence-corrected chi connectivity index (χ1v) is 9.89. The zero-order valence-corrected chi connectivity index (χ0v) is 17.1. The standard InChI is InChI=1S/C23H22F4N2S/c1-2-23(14-15-11-20(25)22(27)21(26)12-15)9-7-19(13-16(23)8-10-28-30)29-18-5-3-17(24)4-6-18/h2-7,11-13,28-30H,1,8-10,14H2. The molecule has 0 aliphatic heterocycles. The largest absolute Gasteiger partial charge is 0.356 e. The Labute approximate surface area is 178 Å². The maximum absolute atomic E-state index is 13.7. The molecule has 2 nitrogen and oxygen atoms in total. The quantitative estimate of drug-likeness (QED) is 0.202. The van der Waals surface area contributed by atoms with Crippen molar-refractivity contribution in [2.75, 3.05) is 11.9 Å². The highest BCUT2D eigenvalue weighted by Crippen LogP contribution is 2.43. The van der Waals surface area contributed by atoms with Crippen molar-refractivity contribution in [1.29, 1.82) is 0 Å². The second-order valence-corrected chi connectivity index (χ2v) is 7.55. The maximum atomic E-state index is 13.7. The van der Waals surface area contributed by atoms with Crippen LogP contribution in [0.1, 0.15) is 18.4 Å². The van der Waals surface area contributed by atoms with Crippen molar-refractivity contribution in [3.8, 4) is 0 Å². The van der Waals surface area contributed by atoms with Crippen LogP contribution in [0.3, 0.4) is 0 Å². The van der Waals surface area contributed by atoms with Crippen molar-refractivity contribution in [3.05, 3.63) is 101 Å². The molecule has 7 heteroatoms. The third kappa shape index (κ3) is 4.96. The Balaban J connectivity index is 1.90. The van der Waals surface area contributed by atoms with Gasteiger partial charge in [-0.05, 0) is 67.3 Å². The summed E-state index contributed by atoms with van der Waals surface area (Å²) in [5, 5.41) is 3.24. The van der Waals surface area contributed by atoms with Crippen LogP contribution in [0.5, 0.6) is 0 Å². The molecule has 0 aromatic heterocycles. The fourth-order valence-corrected chi connectivity index (χ4v) is 3.77. The Morgan fingerprint density at radius 3 is 2.33 bits per heavy atom. The number of benzene rings is 2. The van der Waals surface area contributed by atoms with Gasteiger partial charge >= 0.3 is 0 Å². The summed E-state index contributed by atoms with van der Waals surface area (Å²) in [6.45, 7) is 4.53. The summed E-state index contributed by atoms with van der Waals surface area (Å²) in [7, 11) is 0. The van der Waals surface area contributed by atoms with Crippen LogP contribution in [0.2, 0.25) is 0 Å². The van der Waals surface area contributed by atoms with E-state index in [4.69, 9.17) is 0 Å². The van der Waals surface area contributed by atoms with Crippen molar-refractivity contribution >= 4 is 18.5 Å². The second kappa shape index (κ2) is 9.53. The summed E-state index contributed by atoms with van der Waals surface area (Å²) in [6.07, 6.45) is 7.09. The van der Waals surface area contributed by atoms with E-state index in [0.29, 0.717) is 24.9 Å². The highest BCUT2D eigenvalue weighted by atomic mass is 32.1. The molecule has 0 saturated carbocycles. The molecule has 0 amide bonds. The van der Waals surface area contributed by atoms with E-state index in [1.54, 1.807) is 18.2 Å². The molecule has 30 heavy (non-hydrogen) atoms. The van der Waals surface area contributed by atoms with Gasteiger partial charge in [0.2, 0.25) is 0 Å². The molecule has 2 aromatic rings. The van der Waals surface area contributed by atoms with Crippen LogP contribution >= 0.6 is 12.8 Å². The Morgan fingerprint density at radius 2 is 1.73 bits per heavy atom. The van der Waals surface area contributed by atoms with Crippen LogP contribution in [0.25, 0.3) is 0 Å². The van der Waals surface area contributed by atoms with Crippen molar-refractivity contribution in [2.45, 2.75) is 19.3 Å². The Kier molecular flexibility index (Phi) is 7.05. The highest BCUT2D eigenvalue weighted by Gasteiger charge is 2.33. The Bertz CT molecular complexity index is 962. The minimum atomic E-state index is -1.48. The van der Waals surface area contributed by atoms with Crippen LogP contribution in [-0.2, 0) is 6.42 Å². The highest BCUT2D eigenvalue weighted by molar-refractivity contribution is 7.78. The van der Waals surface area contributed by atoms with E-state index in [2.05, 4.69) is 29.4 Å². The molecule has 0 spiro atoms. The minimum Gasteiger partial charge on any atom is -0.356 e. The lowest BCUT2D eigenvalue weighted by Gasteiger charge is -2.36. The number of halogens is 4. The van der Waals surface area contributed by atoms with Crippen LogP contribution in [0.4, 0.5) is 23.2 Å². The van der Waals surface area contributed by atoms with Gasteiger partial charge in [0.15, 0.2) is 17.5 Å². The third-order valence-electron chi connectivity index (χ3n) is 5.25. The number of anilines is 1. The summed E-state index contributed by atoms with van der Waals surface area (Å²) < 4.78 is 56.8. The van der Waals surface area contributed by atoms with Gasteiger partial charge < -0.3 is 5.32 Å².